The molecule has 0 amide bonds. The zero-order chi connectivity index (χ0) is 13.8. The van der Waals surface area contributed by atoms with E-state index >= 15 is 0 Å². The zero-order valence-electron chi connectivity index (χ0n) is 11.7. The number of nitrogens with two attached hydrogens (primary N) is 1. The number of rotatable bonds is 6. The minimum Gasteiger partial charge on any atom is -0.496 e. The molecule has 0 fully saturated rings. The third kappa shape index (κ3) is 3.68. The SMILES string of the molecule is COc1ccc(F)cc1CCN(C)C(C)(C)CN. The molecule has 0 spiro atoms. The summed E-state index contributed by atoms with van der Waals surface area (Å²) >= 11 is 0. The van der Waals surface area contributed by atoms with Gasteiger partial charge in [0.1, 0.15) is 11.6 Å². The molecule has 3 nitrogen and oxygen atoms in total. The molecule has 0 bridgehead atoms. The highest BCUT2D eigenvalue weighted by atomic mass is 19.1. The first-order valence-electron chi connectivity index (χ1n) is 6.14. The second kappa shape index (κ2) is 6.16. The molecule has 0 radical (unpaired) electrons. The van der Waals surface area contributed by atoms with Crippen molar-refractivity contribution in [2.45, 2.75) is 25.8 Å². The predicted molar refractivity (Wildman–Crippen MR) is 72.4 cm³/mol. The maximum atomic E-state index is 13.2. The molecule has 1 rings (SSSR count). The van der Waals surface area contributed by atoms with Crippen molar-refractivity contribution in [3.8, 4) is 5.75 Å². The van der Waals surface area contributed by atoms with Gasteiger partial charge in [0.25, 0.3) is 0 Å². The van der Waals surface area contributed by atoms with E-state index in [9.17, 15) is 4.39 Å². The van der Waals surface area contributed by atoms with Crippen LogP contribution in [0.5, 0.6) is 5.75 Å². The summed E-state index contributed by atoms with van der Waals surface area (Å²) in [7, 11) is 3.63. The minimum atomic E-state index is -0.230. The van der Waals surface area contributed by atoms with Gasteiger partial charge in [-0.1, -0.05) is 0 Å². The Kier molecular flexibility index (Phi) is 5.11. The lowest BCUT2D eigenvalue weighted by Crippen LogP contribution is -2.47. The molecule has 0 unspecified atom stereocenters. The van der Waals surface area contributed by atoms with Crippen molar-refractivity contribution in [2.75, 3.05) is 27.2 Å². The molecule has 0 aromatic heterocycles. The number of benzene rings is 1. The first-order chi connectivity index (χ1) is 8.40. The van der Waals surface area contributed by atoms with Crippen LogP contribution in [0.25, 0.3) is 0 Å². The van der Waals surface area contributed by atoms with Crippen molar-refractivity contribution in [3.05, 3.63) is 29.6 Å². The second-order valence-electron chi connectivity index (χ2n) is 5.14. The standard InChI is InChI=1S/C14H23FN2O/c1-14(2,10-16)17(3)8-7-11-9-12(15)5-6-13(11)18-4/h5-6,9H,7-8,10,16H2,1-4H3. The highest BCUT2D eigenvalue weighted by molar-refractivity contribution is 5.34. The fourth-order valence-electron chi connectivity index (χ4n) is 1.69. The van der Waals surface area contributed by atoms with E-state index in [-0.39, 0.29) is 11.4 Å². The number of ether oxygens (including phenoxy) is 1. The van der Waals surface area contributed by atoms with Crippen LogP contribution < -0.4 is 10.5 Å². The van der Waals surface area contributed by atoms with Crippen LogP contribution in [0.1, 0.15) is 19.4 Å². The van der Waals surface area contributed by atoms with E-state index in [0.29, 0.717) is 6.54 Å². The Hall–Kier alpha value is -1.13. The van der Waals surface area contributed by atoms with Crippen molar-refractivity contribution in [3.63, 3.8) is 0 Å². The first-order valence-corrected chi connectivity index (χ1v) is 6.14. The van der Waals surface area contributed by atoms with Gasteiger partial charge < -0.3 is 10.5 Å². The molecular weight excluding hydrogens is 231 g/mol. The largest absolute Gasteiger partial charge is 0.496 e. The normalized spacial score (nSPS) is 11.9. The molecular formula is C14H23FN2O. The Balaban J connectivity index is 2.71. The maximum absolute atomic E-state index is 13.2. The fourth-order valence-corrected chi connectivity index (χ4v) is 1.69. The Morgan fingerprint density at radius 1 is 1.39 bits per heavy atom. The van der Waals surface area contributed by atoms with E-state index in [1.54, 1.807) is 13.2 Å². The van der Waals surface area contributed by atoms with Crippen LogP contribution in [-0.4, -0.2) is 37.7 Å². The number of hydrogen-bond acceptors (Lipinski definition) is 3. The lowest BCUT2D eigenvalue weighted by atomic mass is 10.0. The minimum absolute atomic E-state index is 0.0550. The first kappa shape index (κ1) is 14.9. The van der Waals surface area contributed by atoms with Crippen molar-refractivity contribution in [2.24, 2.45) is 5.73 Å². The van der Waals surface area contributed by atoms with Gasteiger partial charge in [-0.2, -0.15) is 0 Å². The highest BCUT2D eigenvalue weighted by Gasteiger charge is 2.21. The third-order valence-corrected chi connectivity index (χ3v) is 3.49. The molecule has 0 saturated heterocycles. The molecule has 0 aliphatic heterocycles. The van der Waals surface area contributed by atoms with Gasteiger partial charge in [-0.05, 0) is 51.1 Å². The summed E-state index contributed by atoms with van der Waals surface area (Å²) in [5, 5.41) is 0. The number of likely N-dealkylation sites (N-methyl/N-ethyl adjacent to an activating group) is 1. The molecule has 1 aromatic rings. The Morgan fingerprint density at radius 2 is 2.06 bits per heavy atom. The van der Waals surface area contributed by atoms with Gasteiger partial charge in [0.05, 0.1) is 7.11 Å². The summed E-state index contributed by atoms with van der Waals surface area (Å²) in [4.78, 5) is 2.18. The van der Waals surface area contributed by atoms with Gasteiger partial charge in [0, 0.05) is 18.6 Å². The molecule has 0 saturated carbocycles. The van der Waals surface area contributed by atoms with Gasteiger partial charge >= 0.3 is 0 Å². The Labute approximate surface area is 109 Å². The molecule has 102 valence electrons. The zero-order valence-corrected chi connectivity index (χ0v) is 11.7. The van der Waals surface area contributed by atoms with Crippen LogP contribution >= 0.6 is 0 Å². The molecule has 0 atom stereocenters. The predicted octanol–water partition coefficient (Wildman–Crippen LogP) is 2.05. The molecule has 1 aromatic carbocycles. The van der Waals surface area contributed by atoms with E-state index in [4.69, 9.17) is 10.5 Å². The Morgan fingerprint density at radius 3 is 2.61 bits per heavy atom. The summed E-state index contributed by atoms with van der Waals surface area (Å²) in [6, 6.07) is 4.61. The van der Waals surface area contributed by atoms with Crippen LogP contribution in [0.2, 0.25) is 0 Å². The van der Waals surface area contributed by atoms with Crippen molar-refractivity contribution < 1.29 is 9.13 Å². The summed E-state index contributed by atoms with van der Waals surface area (Å²) in [6.07, 6.45) is 0.737. The average molecular weight is 254 g/mol. The van der Waals surface area contributed by atoms with Crippen molar-refractivity contribution in [1.82, 2.24) is 4.90 Å². The number of methoxy groups -OCH3 is 1. The van der Waals surface area contributed by atoms with E-state index in [0.717, 1.165) is 24.3 Å². The number of nitrogens with zero attached hydrogens (tertiary/aromatic N) is 1. The molecule has 4 heteroatoms. The second-order valence-corrected chi connectivity index (χ2v) is 5.14. The summed E-state index contributed by atoms with van der Waals surface area (Å²) in [6.45, 7) is 5.58. The molecule has 0 aliphatic rings. The highest BCUT2D eigenvalue weighted by Crippen LogP contribution is 2.21. The summed E-state index contributed by atoms with van der Waals surface area (Å²) in [5.41, 5.74) is 6.56. The van der Waals surface area contributed by atoms with E-state index in [2.05, 4.69) is 18.7 Å². The van der Waals surface area contributed by atoms with Gasteiger partial charge in [0.2, 0.25) is 0 Å². The van der Waals surface area contributed by atoms with E-state index in [1.165, 1.54) is 12.1 Å². The number of halogens is 1. The summed E-state index contributed by atoms with van der Waals surface area (Å²) in [5.74, 6) is 0.502. The van der Waals surface area contributed by atoms with Crippen molar-refractivity contribution in [1.29, 1.82) is 0 Å². The van der Waals surface area contributed by atoms with Gasteiger partial charge in [-0.25, -0.2) is 4.39 Å². The molecule has 18 heavy (non-hydrogen) atoms. The van der Waals surface area contributed by atoms with Crippen LogP contribution in [0.3, 0.4) is 0 Å². The smallest absolute Gasteiger partial charge is 0.123 e. The average Bonchev–Trinajstić information content (AvgIpc) is 2.36. The third-order valence-electron chi connectivity index (χ3n) is 3.49. The number of hydrogen-bond donors (Lipinski definition) is 1. The maximum Gasteiger partial charge on any atom is 0.123 e. The van der Waals surface area contributed by atoms with Crippen LogP contribution in [-0.2, 0) is 6.42 Å². The van der Waals surface area contributed by atoms with Crippen molar-refractivity contribution >= 4 is 0 Å². The topological polar surface area (TPSA) is 38.5 Å². The monoisotopic (exact) mass is 254 g/mol. The van der Waals surface area contributed by atoms with E-state index < -0.39 is 0 Å². The summed E-state index contributed by atoms with van der Waals surface area (Å²) < 4.78 is 18.5. The molecule has 0 heterocycles. The van der Waals surface area contributed by atoms with Crippen LogP contribution in [0.4, 0.5) is 4.39 Å². The molecule has 0 aliphatic carbocycles. The lowest BCUT2D eigenvalue weighted by molar-refractivity contribution is 0.165. The quantitative estimate of drug-likeness (QED) is 0.844. The van der Waals surface area contributed by atoms with Crippen LogP contribution in [0, 0.1) is 5.82 Å². The fraction of sp³-hybridized carbons (Fsp3) is 0.571. The lowest BCUT2D eigenvalue weighted by Gasteiger charge is -2.34. The van der Waals surface area contributed by atoms with Gasteiger partial charge in [-0.3, -0.25) is 4.90 Å². The molecule has 2 N–H and O–H groups in total. The van der Waals surface area contributed by atoms with E-state index in [1.807, 2.05) is 7.05 Å². The van der Waals surface area contributed by atoms with Gasteiger partial charge in [0.15, 0.2) is 0 Å². The van der Waals surface area contributed by atoms with Gasteiger partial charge in [-0.15, -0.1) is 0 Å². The van der Waals surface area contributed by atoms with Crippen LogP contribution in [0.15, 0.2) is 18.2 Å². The Bertz CT molecular complexity index is 393.